The molecule has 0 amide bonds. The van der Waals surface area contributed by atoms with Crippen molar-refractivity contribution in [3.8, 4) is 22.5 Å². The van der Waals surface area contributed by atoms with Crippen LogP contribution in [-0.4, -0.2) is 12.6 Å². The SMILES string of the molecule is CCOC(=O)c1c(-c2ccccc2)oc(C)c1-c1ccc(F)cc1. The molecule has 0 aliphatic carbocycles. The number of benzene rings is 2. The molecule has 0 N–H and O–H groups in total. The third-order valence-electron chi connectivity index (χ3n) is 3.73. The molecule has 0 aliphatic heterocycles. The fourth-order valence-corrected chi connectivity index (χ4v) is 2.70. The second-order valence-corrected chi connectivity index (χ2v) is 5.33. The van der Waals surface area contributed by atoms with Crippen molar-refractivity contribution in [3.05, 3.63) is 71.7 Å². The highest BCUT2D eigenvalue weighted by atomic mass is 19.1. The average molecular weight is 324 g/mol. The van der Waals surface area contributed by atoms with Gasteiger partial charge >= 0.3 is 5.97 Å². The first-order chi connectivity index (χ1) is 11.6. The zero-order valence-electron chi connectivity index (χ0n) is 13.5. The topological polar surface area (TPSA) is 39.4 Å². The van der Waals surface area contributed by atoms with E-state index in [1.165, 1.54) is 12.1 Å². The summed E-state index contributed by atoms with van der Waals surface area (Å²) in [6.07, 6.45) is 0. The number of rotatable bonds is 4. The first kappa shape index (κ1) is 16.0. The van der Waals surface area contributed by atoms with Crippen LogP contribution in [0.25, 0.3) is 22.5 Å². The molecule has 3 nitrogen and oxygen atoms in total. The van der Waals surface area contributed by atoms with Gasteiger partial charge in [0.1, 0.15) is 22.9 Å². The van der Waals surface area contributed by atoms with E-state index < -0.39 is 5.97 Å². The van der Waals surface area contributed by atoms with Crippen LogP contribution >= 0.6 is 0 Å². The summed E-state index contributed by atoms with van der Waals surface area (Å²) >= 11 is 0. The van der Waals surface area contributed by atoms with E-state index in [2.05, 4.69) is 0 Å². The maximum Gasteiger partial charge on any atom is 0.342 e. The Morgan fingerprint density at radius 3 is 2.33 bits per heavy atom. The van der Waals surface area contributed by atoms with Crippen molar-refractivity contribution in [1.82, 2.24) is 0 Å². The van der Waals surface area contributed by atoms with E-state index in [1.807, 2.05) is 30.3 Å². The van der Waals surface area contributed by atoms with E-state index in [9.17, 15) is 9.18 Å². The van der Waals surface area contributed by atoms with E-state index in [0.29, 0.717) is 28.2 Å². The van der Waals surface area contributed by atoms with E-state index in [4.69, 9.17) is 9.15 Å². The molecule has 0 saturated heterocycles. The van der Waals surface area contributed by atoms with Gasteiger partial charge < -0.3 is 9.15 Å². The number of esters is 1. The second-order valence-electron chi connectivity index (χ2n) is 5.33. The van der Waals surface area contributed by atoms with E-state index in [1.54, 1.807) is 26.0 Å². The van der Waals surface area contributed by atoms with Gasteiger partial charge in [0.05, 0.1) is 6.61 Å². The molecule has 3 rings (SSSR count). The van der Waals surface area contributed by atoms with Gasteiger partial charge in [-0.15, -0.1) is 0 Å². The van der Waals surface area contributed by atoms with Crippen molar-refractivity contribution >= 4 is 5.97 Å². The number of ether oxygens (including phenoxy) is 1. The third kappa shape index (κ3) is 2.95. The Morgan fingerprint density at radius 1 is 1.04 bits per heavy atom. The second kappa shape index (κ2) is 6.71. The Bertz CT molecular complexity index is 849. The molecule has 24 heavy (non-hydrogen) atoms. The van der Waals surface area contributed by atoms with Gasteiger partial charge in [-0.3, -0.25) is 0 Å². The number of aryl methyl sites for hydroxylation is 1. The van der Waals surface area contributed by atoms with Crippen molar-refractivity contribution < 1.29 is 18.3 Å². The molecule has 0 aliphatic rings. The Kier molecular flexibility index (Phi) is 4.47. The van der Waals surface area contributed by atoms with Gasteiger partial charge in [0.2, 0.25) is 0 Å². The smallest absolute Gasteiger partial charge is 0.342 e. The maximum absolute atomic E-state index is 13.2. The van der Waals surface area contributed by atoms with Crippen molar-refractivity contribution in [3.63, 3.8) is 0 Å². The van der Waals surface area contributed by atoms with E-state index >= 15 is 0 Å². The predicted octanol–water partition coefficient (Wildman–Crippen LogP) is 5.24. The molecular weight excluding hydrogens is 307 g/mol. The summed E-state index contributed by atoms with van der Waals surface area (Å²) in [5.74, 6) is 0.266. The number of carbonyl (C=O) groups excluding carboxylic acids is 1. The molecule has 1 heterocycles. The summed E-state index contributed by atoms with van der Waals surface area (Å²) in [6, 6.07) is 15.4. The fourth-order valence-electron chi connectivity index (χ4n) is 2.70. The van der Waals surface area contributed by atoms with Crippen LogP contribution in [0.5, 0.6) is 0 Å². The number of carbonyl (C=O) groups is 1. The number of halogens is 1. The van der Waals surface area contributed by atoms with E-state index in [0.717, 1.165) is 5.56 Å². The molecule has 0 radical (unpaired) electrons. The molecule has 1 aromatic heterocycles. The first-order valence-corrected chi connectivity index (χ1v) is 7.73. The lowest BCUT2D eigenvalue weighted by Gasteiger charge is -2.06. The molecule has 4 heteroatoms. The lowest BCUT2D eigenvalue weighted by molar-refractivity contribution is 0.0527. The molecule has 0 unspecified atom stereocenters. The molecular formula is C20H17FO3. The van der Waals surface area contributed by atoms with Crippen LogP contribution in [0.4, 0.5) is 4.39 Å². The van der Waals surface area contributed by atoms with Gasteiger partial charge in [-0.25, -0.2) is 9.18 Å². The maximum atomic E-state index is 13.2. The van der Waals surface area contributed by atoms with Crippen LogP contribution in [-0.2, 0) is 4.74 Å². The summed E-state index contributed by atoms with van der Waals surface area (Å²) in [4.78, 5) is 12.6. The zero-order chi connectivity index (χ0) is 17.1. The quantitative estimate of drug-likeness (QED) is 0.616. The minimum atomic E-state index is -0.451. The van der Waals surface area contributed by atoms with Crippen LogP contribution in [0, 0.1) is 12.7 Å². The summed E-state index contributed by atoms with van der Waals surface area (Å²) in [5, 5.41) is 0. The Morgan fingerprint density at radius 2 is 1.71 bits per heavy atom. The third-order valence-corrected chi connectivity index (χ3v) is 3.73. The zero-order valence-corrected chi connectivity index (χ0v) is 13.5. The number of hydrogen-bond donors (Lipinski definition) is 0. The molecule has 0 fully saturated rings. The van der Waals surface area contributed by atoms with Crippen LogP contribution in [0.2, 0.25) is 0 Å². The Hall–Kier alpha value is -2.88. The van der Waals surface area contributed by atoms with E-state index in [-0.39, 0.29) is 12.4 Å². The number of hydrogen-bond acceptors (Lipinski definition) is 3. The summed E-state index contributed by atoms with van der Waals surface area (Å²) < 4.78 is 24.3. The highest BCUT2D eigenvalue weighted by Crippen LogP contribution is 2.38. The van der Waals surface area contributed by atoms with Crippen molar-refractivity contribution in [2.75, 3.05) is 6.61 Å². The highest BCUT2D eigenvalue weighted by molar-refractivity contribution is 6.03. The predicted molar refractivity (Wildman–Crippen MR) is 90.2 cm³/mol. The number of furan rings is 1. The standard InChI is InChI=1S/C20H17FO3/c1-3-23-20(22)18-17(14-9-11-16(21)12-10-14)13(2)24-19(18)15-7-5-4-6-8-15/h4-12H,3H2,1-2H3. The monoisotopic (exact) mass is 324 g/mol. The minimum Gasteiger partial charge on any atom is -0.462 e. The highest BCUT2D eigenvalue weighted by Gasteiger charge is 2.26. The molecule has 0 spiro atoms. The molecule has 0 atom stereocenters. The molecule has 0 bridgehead atoms. The van der Waals surface area contributed by atoms with Gasteiger partial charge in [-0.05, 0) is 31.5 Å². The van der Waals surface area contributed by atoms with Gasteiger partial charge in [-0.2, -0.15) is 0 Å². The average Bonchev–Trinajstić information content (AvgIpc) is 2.94. The molecule has 2 aromatic carbocycles. The summed E-state index contributed by atoms with van der Waals surface area (Å²) in [6.45, 7) is 3.80. The van der Waals surface area contributed by atoms with Crippen LogP contribution in [0.3, 0.4) is 0 Å². The molecule has 3 aromatic rings. The first-order valence-electron chi connectivity index (χ1n) is 7.73. The largest absolute Gasteiger partial charge is 0.462 e. The summed E-state index contributed by atoms with van der Waals surface area (Å²) in [7, 11) is 0. The van der Waals surface area contributed by atoms with Crippen LogP contribution < -0.4 is 0 Å². The molecule has 122 valence electrons. The lowest BCUT2D eigenvalue weighted by atomic mass is 9.98. The van der Waals surface area contributed by atoms with Crippen LogP contribution in [0.15, 0.2) is 59.0 Å². The van der Waals surface area contributed by atoms with Crippen molar-refractivity contribution in [1.29, 1.82) is 0 Å². The lowest BCUT2D eigenvalue weighted by Crippen LogP contribution is -2.06. The Labute approximate surface area is 139 Å². The summed E-state index contributed by atoms with van der Waals surface area (Å²) in [5.41, 5.74) is 2.50. The van der Waals surface area contributed by atoms with Gasteiger partial charge in [0.25, 0.3) is 0 Å². The minimum absolute atomic E-state index is 0.264. The van der Waals surface area contributed by atoms with Gasteiger partial charge in [-0.1, -0.05) is 42.5 Å². The van der Waals surface area contributed by atoms with Crippen molar-refractivity contribution in [2.45, 2.75) is 13.8 Å². The Balaban J connectivity index is 2.23. The fraction of sp³-hybridized carbons (Fsp3) is 0.150. The van der Waals surface area contributed by atoms with Crippen LogP contribution in [0.1, 0.15) is 23.0 Å². The van der Waals surface area contributed by atoms with Crippen molar-refractivity contribution in [2.24, 2.45) is 0 Å². The van der Waals surface area contributed by atoms with Gasteiger partial charge in [0.15, 0.2) is 0 Å². The normalized spacial score (nSPS) is 10.6. The van der Waals surface area contributed by atoms with Gasteiger partial charge in [0, 0.05) is 11.1 Å². The molecule has 0 saturated carbocycles.